The molecule has 0 aliphatic heterocycles. The minimum absolute atomic E-state index is 0.0697. The van der Waals surface area contributed by atoms with Crippen LogP contribution in [0.3, 0.4) is 0 Å². The molecule has 1 heterocycles. The average Bonchev–Trinajstić information content (AvgIpc) is 2.96. The van der Waals surface area contributed by atoms with Crippen LogP contribution in [0.25, 0.3) is 0 Å². The number of nitrogens with zero attached hydrogens (tertiary/aromatic N) is 2. The molecule has 0 fully saturated rings. The molecular formula is C17H23FN4S. The minimum Gasteiger partial charge on any atom is -0.352 e. The number of hydrogen-bond donors (Lipinski definition) is 2. The van der Waals surface area contributed by atoms with Crippen molar-refractivity contribution in [2.45, 2.75) is 39.3 Å². The summed E-state index contributed by atoms with van der Waals surface area (Å²) < 4.78 is 13.2. The van der Waals surface area contributed by atoms with E-state index in [0.717, 1.165) is 16.3 Å². The average molecular weight is 334 g/mol. The molecule has 0 aliphatic rings. The largest absolute Gasteiger partial charge is 0.352 e. The van der Waals surface area contributed by atoms with Crippen LogP contribution in [-0.2, 0) is 18.5 Å². The van der Waals surface area contributed by atoms with Gasteiger partial charge in [-0.15, -0.1) is 11.3 Å². The Bertz CT molecular complexity index is 673. The Balaban J connectivity index is 1.87. The van der Waals surface area contributed by atoms with E-state index in [1.165, 1.54) is 12.1 Å². The number of benzene rings is 1. The lowest BCUT2D eigenvalue weighted by molar-refractivity contribution is 0.582. The molecule has 6 heteroatoms. The van der Waals surface area contributed by atoms with Crippen molar-refractivity contribution in [2.75, 3.05) is 7.05 Å². The molecule has 2 rings (SSSR count). The Morgan fingerprint density at radius 1 is 1.26 bits per heavy atom. The summed E-state index contributed by atoms with van der Waals surface area (Å²) in [6, 6.07) is 6.52. The number of nitrogens with one attached hydrogen (secondary N) is 2. The lowest BCUT2D eigenvalue weighted by atomic mass is 9.98. The third-order valence-electron chi connectivity index (χ3n) is 3.20. The molecule has 23 heavy (non-hydrogen) atoms. The van der Waals surface area contributed by atoms with Crippen molar-refractivity contribution in [3.05, 3.63) is 51.7 Å². The van der Waals surface area contributed by atoms with Gasteiger partial charge in [0.05, 0.1) is 17.2 Å². The van der Waals surface area contributed by atoms with E-state index >= 15 is 0 Å². The van der Waals surface area contributed by atoms with E-state index in [9.17, 15) is 4.39 Å². The Kier molecular flexibility index (Phi) is 5.71. The van der Waals surface area contributed by atoms with Crippen LogP contribution >= 0.6 is 11.3 Å². The number of guanidine groups is 1. The molecule has 0 atom stereocenters. The zero-order valence-corrected chi connectivity index (χ0v) is 14.8. The summed E-state index contributed by atoms with van der Waals surface area (Å²) >= 11 is 1.67. The van der Waals surface area contributed by atoms with Crippen LogP contribution in [0.4, 0.5) is 4.39 Å². The highest BCUT2D eigenvalue weighted by molar-refractivity contribution is 7.09. The summed E-state index contributed by atoms with van der Waals surface area (Å²) in [6.45, 7) is 7.59. The third-order valence-corrected chi connectivity index (χ3v) is 4.52. The first-order chi connectivity index (χ1) is 10.9. The molecular weight excluding hydrogens is 311 g/mol. The topological polar surface area (TPSA) is 49.3 Å². The molecule has 0 saturated carbocycles. The van der Waals surface area contributed by atoms with Crippen LogP contribution in [0.15, 0.2) is 34.6 Å². The summed E-state index contributed by atoms with van der Waals surface area (Å²) in [5.74, 6) is 0.434. The second-order valence-electron chi connectivity index (χ2n) is 6.30. The lowest BCUT2D eigenvalue weighted by Crippen LogP contribution is -2.36. The maximum atomic E-state index is 13.2. The van der Waals surface area contributed by atoms with Crippen molar-refractivity contribution < 1.29 is 4.39 Å². The van der Waals surface area contributed by atoms with Crippen LogP contribution in [0.1, 0.15) is 37.0 Å². The van der Waals surface area contributed by atoms with Crippen molar-refractivity contribution >= 4 is 17.3 Å². The van der Waals surface area contributed by atoms with Gasteiger partial charge in [0.15, 0.2) is 5.96 Å². The molecule has 0 aliphatic carbocycles. The summed E-state index contributed by atoms with van der Waals surface area (Å²) in [5.41, 5.74) is 1.94. The van der Waals surface area contributed by atoms with Gasteiger partial charge in [0, 0.05) is 24.4 Å². The van der Waals surface area contributed by atoms with Crippen LogP contribution in [0.2, 0.25) is 0 Å². The number of aliphatic imine (C=N–C) groups is 1. The van der Waals surface area contributed by atoms with Gasteiger partial charge in [-0.3, -0.25) is 4.99 Å². The third kappa shape index (κ3) is 5.32. The van der Waals surface area contributed by atoms with Gasteiger partial charge in [0.25, 0.3) is 0 Å². The summed E-state index contributed by atoms with van der Waals surface area (Å²) in [5, 5.41) is 9.58. The first-order valence-corrected chi connectivity index (χ1v) is 8.40. The number of thiazole rings is 1. The molecule has 2 N–H and O–H groups in total. The summed E-state index contributed by atoms with van der Waals surface area (Å²) in [7, 11) is 1.71. The molecule has 0 unspecified atom stereocenters. The smallest absolute Gasteiger partial charge is 0.191 e. The Morgan fingerprint density at radius 3 is 2.61 bits per heavy atom. The standard InChI is InChI=1S/C17H23FN4S/c1-17(2,3)15-22-14(11-23-15)10-21-16(19-4)20-9-12-6-5-7-13(18)8-12/h5-8,11H,9-10H2,1-4H3,(H2,19,20,21). The highest BCUT2D eigenvalue weighted by Gasteiger charge is 2.17. The van der Waals surface area contributed by atoms with Gasteiger partial charge in [0.1, 0.15) is 5.82 Å². The van der Waals surface area contributed by atoms with Gasteiger partial charge in [0.2, 0.25) is 0 Å². The van der Waals surface area contributed by atoms with Crippen molar-refractivity contribution in [1.82, 2.24) is 15.6 Å². The zero-order valence-electron chi connectivity index (χ0n) is 14.0. The van der Waals surface area contributed by atoms with Gasteiger partial charge < -0.3 is 10.6 Å². The summed E-state index contributed by atoms with van der Waals surface area (Å²) in [6.07, 6.45) is 0. The summed E-state index contributed by atoms with van der Waals surface area (Å²) in [4.78, 5) is 8.81. The van der Waals surface area contributed by atoms with Crippen molar-refractivity contribution in [3.8, 4) is 0 Å². The van der Waals surface area contributed by atoms with Crippen LogP contribution in [-0.4, -0.2) is 18.0 Å². The molecule has 1 aromatic heterocycles. The van der Waals surface area contributed by atoms with Gasteiger partial charge >= 0.3 is 0 Å². The van der Waals surface area contributed by atoms with Crippen LogP contribution in [0, 0.1) is 5.82 Å². The predicted molar refractivity (Wildman–Crippen MR) is 94.3 cm³/mol. The number of halogens is 1. The Hall–Kier alpha value is -1.95. The highest BCUT2D eigenvalue weighted by Crippen LogP contribution is 2.25. The van der Waals surface area contributed by atoms with Gasteiger partial charge in [-0.1, -0.05) is 32.9 Å². The highest BCUT2D eigenvalue weighted by atomic mass is 32.1. The van der Waals surface area contributed by atoms with E-state index in [2.05, 4.69) is 46.8 Å². The monoisotopic (exact) mass is 334 g/mol. The van der Waals surface area contributed by atoms with Crippen molar-refractivity contribution in [2.24, 2.45) is 4.99 Å². The fourth-order valence-corrected chi connectivity index (χ4v) is 2.87. The molecule has 124 valence electrons. The maximum absolute atomic E-state index is 13.2. The zero-order chi connectivity index (χ0) is 16.9. The SMILES string of the molecule is CN=C(NCc1cccc(F)c1)NCc1csc(C(C)(C)C)n1. The molecule has 0 spiro atoms. The first kappa shape index (κ1) is 17.4. The minimum atomic E-state index is -0.232. The van der Waals surface area contributed by atoms with Gasteiger partial charge in [-0.2, -0.15) is 0 Å². The Labute approximate surface area is 140 Å². The molecule has 0 amide bonds. The second-order valence-corrected chi connectivity index (χ2v) is 7.16. The van der Waals surface area contributed by atoms with Gasteiger partial charge in [-0.05, 0) is 17.7 Å². The maximum Gasteiger partial charge on any atom is 0.191 e. The van der Waals surface area contributed by atoms with E-state index in [-0.39, 0.29) is 11.2 Å². The second kappa shape index (κ2) is 7.55. The molecule has 0 saturated heterocycles. The normalized spacial score (nSPS) is 12.3. The molecule has 4 nitrogen and oxygen atoms in total. The molecule has 0 radical (unpaired) electrons. The van der Waals surface area contributed by atoms with E-state index < -0.39 is 0 Å². The fraction of sp³-hybridized carbons (Fsp3) is 0.412. The lowest BCUT2D eigenvalue weighted by Gasteiger charge is -2.14. The fourth-order valence-electron chi connectivity index (χ4n) is 1.96. The van der Waals surface area contributed by atoms with E-state index in [1.807, 2.05) is 6.07 Å². The quantitative estimate of drug-likeness (QED) is 0.665. The molecule has 1 aromatic carbocycles. The van der Waals surface area contributed by atoms with E-state index in [0.29, 0.717) is 19.0 Å². The Morgan fingerprint density at radius 2 is 2.00 bits per heavy atom. The van der Waals surface area contributed by atoms with Crippen LogP contribution in [0.5, 0.6) is 0 Å². The van der Waals surface area contributed by atoms with E-state index in [4.69, 9.17) is 0 Å². The number of rotatable bonds is 4. The van der Waals surface area contributed by atoms with E-state index in [1.54, 1.807) is 24.5 Å². The first-order valence-electron chi connectivity index (χ1n) is 7.52. The predicted octanol–water partition coefficient (Wildman–Crippen LogP) is 3.44. The number of hydrogen-bond acceptors (Lipinski definition) is 3. The van der Waals surface area contributed by atoms with Crippen molar-refractivity contribution in [3.63, 3.8) is 0 Å². The molecule has 0 bridgehead atoms. The number of aromatic nitrogens is 1. The van der Waals surface area contributed by atoms with Crippen LogP contribution < -0.4 is 10.6 Å². The van der Waals surface area contributed by atoms with Crippen molar-refractivity contribution in [1.29, 1.82) is 0 Å². The molecule has 2 aromatic rings. The van der Waals surface area contributed by atoms with Gasteiger partial charge in [-0.25, -0.2) is 9.37 Å².